The second kappa shape index (κ2) is 7.02. The molecule has 2 aliphatic heterocycles. The van der Waals surface area contributed by atoms with Crippen molar-refractivity contribution in [2.45, 2.75) is 25.8 Å². The van der Waals surface area contributed by atoms with Crippen LogP contribution in [-0.2, 0) is 0 Å². The van der Waals surface area contributed by atoms with Crippen molar-refractivity contribution < 1.29 is 13.6 Å². The second-order valence-electron chi connectivity index (χ2n) is 7.66. The van der Waals surface area contributed by atoms with E-state index in [-0.39, 0.29) is 17.8 Å². The first kappa shape index (κ1) is 18.4. The summed E-state index contributed by atoms with van der Waals surface area (Å²) in [4.78, 5) is 14.2. The van der Waals surface area contributed by atoms with Gasteiger partial charge < -0.3 is 10.2 Å². The molecule has 0 spiro atoms. The number of hydrazine groups is 1. The van der Waals surface area contributed by atoms with Crippen molar-refractivity contribution in [2.24, 2.45) is 0 Å². The lowest BCUT2D eigenvalue weighted by Gasteiger charge is -2.23. The summed E-state index contributed by atoms with van der Waals surface area (Å²) in [7, 11) is 0. The molecule has 0 unspecified atom stereocenters. The van der Waals surface area contributed by atoms with Crippen LogP contribution in [0.4, 0.5) is 14.5 Å². The minimum atomic E-state index is -0.425. The smallest absolute Gasteiger partial charge is 0.251 e. The van der Waals surface area contributed by atoms with Crippen molar-refractivity contribution >= 4 is 17.3 Å². The molecule has 1 fully saturated rings. The number of hydrogen-bond donors (Lipinski definition) is 3. The lowest BCUT2D eigenvalue weighted by atomic mass is 10.0. The zero-order chi connectivity index (χ0) is 20.8. The van der Waals surface area contributed by atoms with Crippen LogP contribution < -0.4 is 21.1 Å². The molecule has 2 aromatic rings. The van der Waals surface area contributed by atoms with Gasteiger partial charge in [-0.05, 0) is 62.2 Å². The third-order valence-corrected chi connectivity index (χ3v) is 5.45. The lowest BCUT2D eigenvalue weighted by Crippen LogP contribution is -2.26. The monoisotopic (exact) mass is 406 g/mol. The number of nitrogens with zero attached hydrogens (tertiary/aromatic N) is 1. The third-order valence-electron chi connectivity index (χ3n) is 5.45. The van der Waals surface area contributed by atoms with E-state index in [1.807, 2.05) is 18.5 Å². The molecule has 0 atom stereocenters. The van der Waals surface area contributed by atoms with Crippen molar-refractivity contribution in [1.82, 2.24) is 16.2 Å². The molecule has 30 heavy (non-hydrogen) atoms. The number of carbonyl (C=O) groups excluding carboxylic acids is 1. The predicted octanol–water partition coefficient (Wildman–Crippen LogP) is 3.86. The molecule has 2 aromatic carbocycles. The molecule has 152 valence electrons. The Hall–Kier alpha value is -3.61. The average molecular weight is 406 g/mol. The standard InChI is InChI=1S/C23H20F2N4O/c1-13-19(25)10-15(23(30)26-17-6-7-17)11-21(13)29-9-8-18-20(12-29)27-28-22(18)14-2-4-16(24)5-3-14/h2-5,8-12,17,27-28H,6-7H2,1H3,(H,26,30). The highest BCUT2D eigenvalue weighted by atomic mass is 19.1. The van der Waals surface area contributed by atoms with E-state index in [1.54, 1.807) is 30.0 Å². The van der Waals surface area contributed by atoms with Gasteiger partial charge in [0.15, 0.2) is 0 Å². The Labute approximate surface area is 172 Å². The van der Waals surface area contributed by atoms with Gasteiger partial charge in [0.05, 0.1) is 17.1 Å². The molecule has 1 saturated carbocycles. The minimum absolute atomic E-state index is 0.202. The van der Waals surface area contributed by atoms with Gasteiger partial charge in [-0.25, -0.2) is 8.78 Å². The quantitative estimate of drug-likeness (QED) is 0.722. The van der Waals surface area contributed by atoms with Gasteiger partial charge in [-0.1, -0.05) is 0 Å². The van der Waals surface area contributed by atoms with Gasteiger partial charge in [-0.3, -0.25) is 15.6 Å². The molecule has 2 heterocycles. The molecule has 7 heteroatoms. The Balaban J connectivity index is 1.47. The zero-order valence-corrected chi connectivity index (χ0v) is 16.3. The van der Waals surface area contributed by atoms with Gasteiger partial charge in [0.25, 0.3) is 5.91 Å². The van der Waals surface area contributed by atoms with E-state index in [9.17, 15) is 13.6 Å². The van der Waals surface area contributed by atoms with Crippen molar-refractivity contribution in [3.05, 3.63) is 94.5 Å². The van der Waals surface area contributed by atoms with Gasteiger partial charge in [-0.15, -0.1) is 0 Å². The molecule has 5 rings (SSSR count). The minimum Gasteiger partial charge on any atom is -0.349 e. The largest absolute Gasteiger partial charge is 0.349 e. The number of halogens is 2. The summed E-state index contributed by atoms with van der Waals surface area (Å²) in [5.74, 6) is -0.975. The first-order valence-electron chi connectivity index (χ1n) is 9.81. The highest BCUT2D eigenvalue weighted by molar-refractivity contribution is 5.96. The Kier molecular flexibility index (Phi) is 4.31. The first-order chi connectivity index (χ1) is 14.5. The number of amides is 1. The van der Waals surface area contributed by atoms with Crippen molar-refractivity contribution in [3.63, 3.8) is 0 Å². The van der Waals surface area contributed by atoms with Crippen LogP contribution in [0.15, 0.2) is 66.1 Å². The molecular formula is C23H20F2N4O. The summed E-state index contributed by atoms with van der Waals surface area (Å²) in [5.41, 5.74) is 11.0. The maximum Gasteiger partial charge on any atom is 0.251 e. The van der Waals surface area contributed by atoms with Gasteiger partial charge in [0.2, 0.25) is 0 Å². The molecule has 1 amide bonds. The van der Waals surface area contributed by atoms with Crippen LogP contribution in [0.1, 0.15) is 34.3 Å². The molecular weight excluding hydrogens is 386 g/mol. The SMILES string of the molecule is Cc1c(F)cc(C(=O)NC2CC2)cc1N1C=CC2=C(c3ccc(F)cc3)NNC2=C1. The van der Waals surface area contributed by atoms with E-state index in [0.29, 0.717) is 16.8 Å². The van der Waals surface area contributed by atoms with E-state index >= 15 is 0 Å². The summed E-state index contributed by atoms with van der Waals surface area (Å²) in [6.45, 7) is 1.69. The Morgan fingerprint density at radius 3 is 2.63 bits per heavy atom. The topological polar surface area (TPSA) is 56.4 Å². The molecule has 5 nitrogen and oxygen atoms in total. The summed E-state index contributed by atoms with van der Waals surface area (Å²) >= 11 is 0. The summed E-state index contributed by atoms with van der Waals surface area (Å²) < 4.78 is 27.8. The highest BCUT2D eigenvalue weighted by Gasteiger charge is 2.26. The fourth-order valence-corrected chi connectivity index (χ4v) is 3.57. The molecule has 0 bridgehead atoms. The van der Waals surface area contributed by atoms with E-state index in [4.69, 9.17) is 0 Å². The lowest BCUT2D eigenvalue weighted by molar-refractivity contribution is 0.0950. The van der Waals surface area contributed by atoms with Gasteiger partial charge in [0.1, 0.15) is 11.6 Å². The van der Waals surface area contributed by atoms with Gasteiger partial charge in [0, 0.05) is 40.7 Å². The first-order valence-corrected chi connectivity index (χ1v) is 9.81. The summed E-state index contributed by atoms with van der Waals surface area (Å²) in [6, 6.07) is 9.42. The van der Waals surface area contributed by atoms with Crippen molar-refractivity contribution in [3.8, 4) is 0 Å². The fraction of sp³-hybridized carbons (Fsp3) is 0.174. The molecule has 3 N–H and O–H groups in total. The molecule has 0 aromatic heterocycles. The summed E-state index contributed by atoms with van der Waals surface area (Å²) in [6.07, 6.45) is 7.50. The Morgan fingerprint density at radius 2 is 1.90 bits per heavy atom. The number of hydrogen-bond acceptors (Lipinski definition) is 4. The maximum atomic E-state index is 14.6. The number of fused-ring (bicyclic) bond motifs is 1. The Bertz CT molecular complexity index is 1130. The van der Waals surface area contributed by atoms with Crippen LogP contribution >= 0.6 is 0 Å². The van der Waals surface area contributed by atoms with Crippen LogP contribution in [0, 0.1) is 18.6 Å². The number of rotatable bonds is 4. The number of nitrogens with one attached hydrogen (secondary N) is 3. The molecule has 0 saturated heterocycles. The van der Waals surface area contributed by atoms with Gasteiger partial charge >= 0.3 is 0 Å². The predicted molar refractivity (Wildman–Crippen MR) is 111 cm³/mol. The van der Waals surface area contributed by atoms with Crippen LogP contribution in [0.3, 0.4) is 0 Å². The van der Waals surface area contributed by atoms with Gasteiger partial charge in [-0.2, -0.15) is 0 Å². The number of benzene rings is 2. The number of carbonyl (C=O) groups is 1. The highest BCUT2D eigenvalue weighted by Crippen LogP contribution is 2.33. The van der Waals surface area contributed by atoms with Crippen LogP contribution in [0.5, 0.6) is 0 Å². The molecule has 0 radical (unpaired) electrons. The Morgan fingerprint density at radius 1 is 1.13 bits per heavy atom. The van der Waals surface area contributed by atoms with E-state index < -0.39 is 5.82 Å². The zero-order valence-electron chi connectivity index (χ0n) is 16.3. The average Bonchev–Trinajstić information content (AvgIpc) is 3.46. The fourth-order valence-electron chi connectivity index (χ4n) is 3.57. The number of anilines is 1. The molecule has 1 aliphatic carbocycles. The maximum absolute atomic E-state index is 14.6. The van der Waals surface area contributed by atoms with Crippen LogP contribution in [-0.4, -0.2) is 11.9 Å². The number of allylic oxidation sites excluding steroid dienone is 1. The summed E-state index contributed by atoms with van der Waals surface area (Å²) in [5, 5.41) is 2.90. The second-order valence-corrected chi connectivity index (χ2v) is 7.66. The van der Waals surface area contributed by atoms with E-state index in [1.165, 1.54) is 18.2 Å². The third kappa shape index (κ3) is 3.32. The van der Waals surface area contributed by atoms with E-state index in [0.717, 1.165) is 35.4 Å². The molecule has 3 aliphatic rings. The van der Waals surface area contributed by atoms with Crippen molar-refractivity contribution in [2.75, 3.05) is 4.90 Å². The normalized spacial score (nSPS) is 17.3. The van der Waals surface area contributed by atoms with Crippen LogP contribution in [0.2, 0.25) is 0 Å². The van der Waals surface area contributed by atoms with E-state index in [2.05, 4.69) is 16.2 Å². The van der Waals surface area contributed by atoms with Crippen LogP contribution in [0.25, 0.3) is 5.70 Å². The van der Waals surface area contributed by atoms with Crippen molar-refractivity contribution in [1.29, 1.82) is 0 Å².